The fraction of sp³-hybridized carbons (Fsp3) is 0.222. The Bertz CT molecular complexity index is 310. The highest BCUT2D eigenvalue weighted by Gasteiger charge is 2.23. The number of carbonyl (C=O) groups is 1. The Hall–Kier alpha value is -1.23. The maximum Gasteiger partial charge on any atom is 0.152 e. The molecule has 0 bridgehead atoms. The summed E-state index contributed by atoms with van der Waals surface area (Å²) < 4.78 is 0. The highest BCUT2D eigenvalue weighted by Crippen LogP contribution is 2.17. The molecule has 0 heterocycles. The summed E-state index contributed by atoms with van der Waals surface area (Å²) in [7, 11) is 0. The highest BCUT2D eigenvalue weighted by atomic mass is 16.3. The number of carbonyl (C=O) groups excluding carboxylic acids is 1. The van der Waals surface area contributed by atoms with Crippen LogP contribution >= 0.6 is 0 Å². The molecule has 0 saturated heterocycles. The maximum absolute atomic E-state index is 10.6. The third-order valence-corrected chi connectivity index (χ3v) is 1.87. The molecule has 0 aliphatic rings. The van der Waals surface area contributed by atoms with Gasteiger partial charge in [-0.15, -0.1) is 0 Å². The van der Waals surface area contributed by atoms with Crippen molar-refractivity contribution >= 4 is 6.29 Å². The van der Waals surface area contributed by atoms with E-state index < -0.39 is 5.72 Å². The molecule has 0 fully saturated rings. The van der Waals surface area contributed by atoms with Crippen LogP contribution in [0.25, 0.3) is 0 Å². The van der Waals surface area contributed by atoms with E-state index in [-0.39, 0.29) is 6.54 Å². The standard InChI is InChI=1S/C9H12N2O2/c10-6-9(11,13)8-4-2-1-3-7(8)5-12/h1-5,13H,6,10-11H2. The normalized spacial score (nSPS) is 15.0. The minimum absolute atomic E-state index is 0.127. The monoisotopic (exact) mass is 180 g/mol. The van der Waals surface area contributed by atoms with Crippen molar-refractivity contribution < 1.29 is 9.90 Å². The van der Waals surface area contributed by atoms with Crippen molar-refractivity contribution in [1.82, 2.24) is 0 Å². The van der Waals surface area contributed by atoms with Crippen LogP contribution in [0.2, 0.25) is 0 Å². The summed E-state index contributed by atoms with van der Waals surface area (Å²) in [4.78, 5) is 10.6. The van der Waals surface area contributed by atoms with Crippen molar-refractivity contribution in [1.29, 1.82) is 0 Å². The number of rotatable bonds is 3. The van der Waals surface area contributed by atoms with Crippen molar-refractivity contribution in [2.75, 3.05) is 6.54 Å². The Balaban J connectivity index is 3.20. The van der Waals surface area contributed by atoms with E-state index >= 15 is 0 Å². The zero-order chi connectivity index (χ0) is 9.90. The minimum Gasteiger partial charge on any atom is -0.370 e. The van der Waals surface area contributed by atoms with E-state index in [2.05, 4.69) is 0 Å². The summed E-state index contributed by atoms with van der Waals surface area (Å²) in [6, 6.07) is 6.54. The number of benzene rings is 1. The van der Waals surface area contributed by atoms with E-state index in [0.29, 0.717) is 17.4 Å². The molecule has 0 spiro atoms. The van der Waals surface area contributed by atoms with Crippen LogP contribution in [0.15, 0.2) is 24.3 Å². The molecule has 4 nitrogen and oxygen atoms in total. The molecule has 1 aromatic carbocycles. The summed E-state index contributed by atoms with van der Waals surface area (Å²) >= 11 is 0. The SMILES string of the molecule is NCC(N)(O)c1ccccc1C=O. The van der Waals surface area contributed by atoms with E-state index in [1.54, 1.807) is 24.3 Å². The molecule has 0 saturated carbocycles. The smallest absolute Gasteiger partial charge is 0.152 e. The highest BCUT2D eigenvalue weighted by molar-refractivity contribution is 5.77. The molecule has 1 unspecified atom stereocenters. The molecule has 1 atom stereocenters. The third-order valence-electron chi connectivity index (χ3n) is 1.87. The van der Waals surface area contributed by atoms with Crippen LogP contribution in [0.3, 0.4) is 0 Å². The van der Waals surface area contributed by atoms with Gasteiger partial charge < -0.3 is 10.8 Å². The van der Waals surface area contributed by atoms with Crippen LogP contribution in [0.4, 0.5) is 0 Å². The first kappa shape index (κ1) is 9.85. The third kappa shape index (κ3) is 1.92. The number of aliphatic hydroxyl groups is 1. The summed E-state index contributed by atoms with van der Waals surface area (Å²) in [6.07, 6.45) is 0.642. The summed E-state index contributed by atoms with van der Waals surface area (Å²) in [5, 5.41) is 9.60. The second-order valence-corrected chi connectivity index (χ2v) is 2.83. The molecule has 1 aromatic rings. The Labute approximate surface area is 76.2 Å². The van der Waals surface area contributed by atoms with Gasteiger partial charge >= 0.3 is 0 Å². The lowest BCUT2D eigenvalue weighted by Gasteiger charge is -2.22. The minimum atomic E-state index is -1.63. The van der Waals surface area contributed by atoms with Gasteiger partial charge in [0.25, 0.3) is 0 Å². The summed E-state index contributed by atoms with van der Waals surface area (Å²) in [5.74, 6) is 0. The molecular weight excluding hydrogens is 168 g/mol. The van der Waals surface area contributed by atoms with Gasteiger partial charge in [0, 0.05) is 17.7 Å². The van der Waals surface area contributed by atoms with Gasteiger partial charge in [-0.3, -0.25) is 10.5 Å². The first-order chi connectivity index (χ1) is 6.11. The second kappa shape index (κ2) is 3.66. The van der Waals surface area contributed by atoms with Gasteiger partial charge in [-0.25, -0.2) is 0 Å². The molecule has 1 rings (SSSR count). The van der Waals surface area contributed by atoms with Crippen molar-refractivity contribution in [2.24, 2.45) is 11.5 Å². The first-order valence-corrected chi connectivity index (χ1v) is 3.88. The quantitative estimate of drug-likeness (QED) is 0.434. The molecule has 5 N–H and O–H groups in total. The molecule has 0 aromatic heterocycles. The van der Waals surface area contributed by atoms with Gasteiger partial charge in [-0.2, -0.15) is 0 Å². The summed E-state index contributed by atoms with van der Waals surface area (Å²) in [6.45, 7) is -0.127. The van der Waals surface area contributed by atoms with Gasteiger partial charge in [-0.1, -0.05) is 24.3 Å². The van der Waals surface area contributed by atoms with Crippen LogP contribution in [-0.4, -0.2) is 17.9 Å². The van der Waals surface area contributed by atoms with Crippen LogP contribution in [0.1, 0.15) is 15.9 Å². The number of hydrogen-bond donors (Lipinski definition) is 3. The second-order valence-electron chi connectivity index (χ2n) is 2.83. The Morgan fingerprint density at radius 3 is 2.62 bits per heavy atom. The van der Waals surface area contributed by atoms with E-state index in [1.165, 1.54) is 0 Å². The van der Waals surface area contributed by atoms with E-state index in [0.717, 1.165) is 0 Å². The van der Waals surface area contributed by atoms with E-state index in [1.807, 2.05) is 0 Å². The zero-order valence-corrected chi connectivity index (χ0v) is 7.10. The maximum atomic E-state index is 10.6. The van der Waals surface area contributed by atoms with Gasteiger partial charge in [0.2, 0.25) is 0 Å². The number of hydrogen-bond acceptors (Lipinski definition) is 4. The van der Waals surface area contributed by atoms with Gasteiger partial charge in [0.1, 0.15) is 6.29 Å². The van der Waals surface area contributed by atoms with Gasteiger partial charge in [0.15, 0.2) is 5.72 Å². The fourth-order valence-electron chi connectivity index (χ4n) is 1.10. The Morgan fingerprint density at radius 1 is 1.46 bits per heavy atom. The van der Waals surface area contributed by atoms with Crippen molar-refractivity contribution in [2.45, 2.75) is 5.72 Å². The predicted octanol–water partition coefficient (Wildman–Crippen LogP) is -0.438. The molecule has 0 aliphatic carbocycles. The fourth-order valence-corrected chi connectivity index (χ4v) is 1.10. The Kier molecular flexibility index (Phi) is 2.77. The van der Waals surface area contributed by atoms with Crippen molar-refractivity contribution in [3.05, 3.63) is 35.4 Å². The van der Waals surface area contributed by atoms with Crippen LogP contribution in [-0.2, 0) is 5.72 Å². The topological polar surface area (TPSA) is 89.3 Å². The molecule has 0 aliphatic heterocycles. The lowest BCUT2D eigenvalue weighted by molar-refractivity contribution is 0.0521. The molecular formula is C9H12N2O2. The van der Waals surface area contributed by atoms with Crippen LogP contribution in [0, 0.1) is 0 Å². The number of nitrogens with two attached hydrogens (primary N) is 2. The lowest BCUT2D eigenvalue weighted by atomic mass is 9.98. The van der Waals surface area contributed by atoms with Gasteiger partial charge in [0.05, 0.1) is 0 Å². The number of aldehydes is 1. The largest absolute Gasteiger partial charge is 0.370 e. The van der Waals surface area contributed by atoms with Crippen LogP contribution < -0.4 is 11.5 Å². The van der Waals surface area contributed by atoms with Crippen LogP contribution in [0.5, 0.6) is 0 Å². The van der Waals surface area contributed by atoms with E-state index in [9.17, 15) is 9.90 Å². The van der Waals surface area contributed by atoms with Crippen molar-refractivity contribution in [3.63, 3.8) is 0 Å². The molecule has 0 amide bonds. The molecule has 13 heavy (non-hydrogen) atoms. The average molecular weight is 180 g/mol. The van der Waals surface area contributed by atoms with Crippen molar-refractivity contribution in [3.8, 4) is 0 Å². The summed E-state index contributed by atoms with van der Waals surface area (Å²) in [5.41, 5.74) is 9.84. The molecule has 70 valence electrons. The molecule has 0 radical (unpaired) electrons. The van der Waals surface area contributed by atoms with E-state index in [4.69, 9.17) is 11.5 Å². The zero-order valence-electron chi connectivity index (χ0n) is 7.10. The first-order valence-electron chi connectivity index (χ1n) is 3.88. The average Bonchev–Trinajstić information content (AvgIpc) is 2.18. The Morgan fingerprint density at radius 2 is 2.08 bits per heavy atom. The predicted molar refractivity (Wildman–Crippen MR) is 49.0 cm³/mol. The van der Waals surface area contributed by atoms with Gasteiger partial charge in [-0.05, 0) is 0 Å². The molecule has 4 heteroatoms. The lowest BCUT2D eigenvalue weighted by Crippen LogP contribution is -2.44.